The molecule has 0 spiro atoms. The van der Waals surface area contributed by atoms with Gasteiger partial charge in [0.05, 0.1) is 18.8 Å². The van der Waals surface area contributed by atoms with E-state index in [9.17, 15) is 45.2 Å². The second-order valence-electron chi connectivity index (χ2n) is 14.8. The maximum atomic E-state index is 12.8. The summed E-state index contributed by atoms with van der Waals surface area (Å²) in [6.07, 6.45) is 15.4. The Labute approximate surface area is 308 Å². The van der Waals surface area contributed by atoms with Crippen molar-refractivity contribution < 1.29 is 54.3 Å². The zero-order valence-electron chi connectivity index (χ0n) is 31.9. The van der Waals surface area contributed by atoms with Gasteiger partial charge in [0.15, 0.2) is 0 Å². The molecule has 0 bridgehead atoms. The standard InChI is InChI=1S/C38H76NO11P/c1-3-5-7-9-11-13-15-16-18-19-21-23-25-27-31(40)30(39-32(41)28-26-24-22-20-17-14-12-10-8-6-4-2)29-49-51(47,48)50-38-36(45)34(43)33(42)35(44)37(38)46/h30-31,33-38,40,42-46H,3-29H2,1-2H3,(H,39,41)(H,47,48)/p-1/t30-,31+,33?,34-,35+,36+,37+,38?/m0/s1. The van der Waals surface area contributed by atoms with Gasteiger partial charge in [0, 0.05) is 0 Å². The normalized spacial score (nSPS) is 25.2. The van der Waals surface area contributed by atoms with Crippen LogP contribution in [0.5, 0.6) is 0 Å². The van der Waals surface area contributed by atoms with E-state index in [1.54, 1.807) is 0 Å². The lowest BCUT2D eigenvalue weighted by Crippen LogP contribution is -2.64. The van der Waals surface area contributed by atoms with E-state index in [-0.39, 0.29) is 6.42 Å². The van der Waals surface area contributed by atoms with Crippen LogP contribution in [0.1, 0.15) is 181 Å². The van der Waals surface area contributed by atoms with Gasteiger partial charge in [-0.1, -0.05) is 162 Å². The lowest BCUT2D eigenvalue weighted by molar-refractivity contribution is -0.220. The van der Waals surface area contributed by atoms with E-state index in [0.29, 0.717) is 19.3 Å². The quantitative estimate of drug-likeness (QED) is 0.0179. The highest BCUT2D eigenvalue weighted by atomic mass is 31.2. The Bertz CT molecular complexity index is 897. The molecule has 0 aliphatic heterocycles. The summed E-state index contributed by atoms with van der Waals surface area (Å²) in [6.45, 7) is 3.79. The highest BCUT2D eigenvalue weighted by molar-refractivity contribution is 7.47. The van der Waals surface area contributed by atoms with Gasteiger partial charge in [-0.25, -0.2) is 4.57 Å². The summed E-state index contributed by atoms with van der Waals surface area (Å²) in [5, 5.41) is 73.8. The lowest BCUT2D eigenvalue weighted by Gasteiger charge is -2.41. The molecule has 12 nitrogen and oxygen atoms in total. The van der Waals surface area contributed by atoms with Gasteiger partial charge in [-0.3, -0.25) is 14.0 Å². The fraction of sp³-hybridized carbons (Fsp3) is 0.974. The summed E-state index contributed by atoms with van der Waals surface area (Å²) < 4.78 is 22.8. The van der Waals surface area contributed by atoms with Crippen LogP contribution in [-0.4, -0.2) is 96.8 Å². The van der Waals surface area contributed by atoms with Crippen LogP contribution in [0.15, 0.2) is 4.99 Å². The number of aliphatic hydroxyl groups excluding tert-OH is 6. The number of nitrogens with zero attached hydrogens (tertiary/aromatic N) is 1. The topological polar surface area (TPSA) is 213 Å². The van der Waals surface area contributed by atoms with Crippen molar-refractivity contribution in [2.45, 2.75) is 230 Å². The molecule has 13 heteroatoms. The van der Waals surface area contributed by atoms with Crippen LogP contribution in [0.4, 0.5) is 0 Å². The molecule has 0 radical (unpaired) electrons. The molecular formula is C38H75NO11P-. The van der Waals surface area contributed by atoms with Crippen molar-refractivity contribution in [3.8, 4) is 0 Å². The van der Waals surface area contributed by atoms with Crippen molar-refractivity contribution >= 4 is 13.7 Å². The zero-order chi connectivity index (χ0) is 37.9. The predicted molar refractivity (Wildman–Crippen MR) is 199 cm³/mol. The maximum Gasteiger partial charge on any atom is 0.472 e. The summed E-state index contributed by atoms with van der Waals surface area (Å²) in [7, 11) is -5.06. The molecule has 0 aromatic heterocycles. The summed E-state index contributed by atoms with van der Waals surface area (Å²) in [5.41, 5.74) is 0. The van der Waals surface area contributed by atoms with Crippen LogP contribution in [0.3, 0.4) is 0 Å². The first-order chi connectivity index (χ1) is 24.4. The van der Waals surface area contributed by atoms with Gasteiger partial charge in [-0.15, -0.1) is 0 Å². The second kappa shape index (κ2) is 29.7. The molecule has 0 amide bonds. The molecule has 0 heterocycles. The van der Waals surface area contributed by atoms with Crippen LogP contribution >= 0.6 is 7.82 Å². The minimum absolute atomic E-state index is 0.185. The molecule has 1 aliphatic carbocycles. The number of hydrogen-bond acceptors (Lipinski definition) is 11. The van der Waals surface area contributed by atoms with Crippen molar-refractivity contribution in [1.82, 2.24) is 0 Å². The molecule has 0 aromatic rings. The Morgan fingerprint density at radius 1 is 0.608 bits per heavy atom. The Kier molecular flexibility index (Phi) is 28.1. The zero-order valence-corrected chi connectivity index (χ0v) is 32.8. The van der Waals surface area contributed by atoms with E-state index < -0.39 is 69.1 Å². The SMILES string of the molecule is CCCCCCCCCCCCCCC[C@@H](O)[C@H](COP(=O)(O)OC1[C@H](O)[C@H](O)C(O)[C@H](O)[C@H]1O)N=C([O-])CCCCCCCCCCCCC. The van der Waals surface area contributed by atoms with Crippen molar-refractivity contribution in [1.29, 1.82) is 0 Å². The number of hydrogen-bond donors (Lipinski definition) is 7. The predicted octanol–water partition coefficient (Wildman–Crippen LogP) is 5.98. The third-order valence-electron chi connectivity index (χ3n) is 10.1. The number of phosphoric ester groups is 1. The van der Waals surface area contributed by atoms with Crippen molar-refractivity contribution in [2.24, 2.45) is 4.99 Å². The Balaban J connectivity index is 2.59. The molecule has 51 heavy (non-hydrogen) atoms. The number of unbranched alkanes of at least 4 members (excludes halogenated alkanes) is 22. The highest BCUT2D eigenvalue weighted by Crippen LogP contribution is 2.47. The highest BCUT2D eigenvalue weighted by Gasteiger charge is 2.51. The number of rotatable bonds is 33. The van der Waals surface area contributed by atoms with Gasteiger partial charge in [0.1, 0.15) is 36.6 Å². The fourth-order valence-corrected chi connectivity index (χ4v) is 7.62. The van der Waals surface area contributed by atoms with Crippen LogP contribution < -0.4 is 5.11 Å². The Hall–Kier alpha value is -0.660. The maximum absolute atomic E-state index is 12.8. The molecule has 1 fully saturated rings. The minimum Gasteiger partial charge on any atom is -0.862 e. The van der Waals surface area contributed by atoms with E-state index in [1.807, 2.05) is 0 Å². The molecule has 1 saturated carbocycles. The van der Waals surface area contributed by atoms with Gasteiger partial charge in [0.2, 0.25) is 0 Å². The van der Waals surface area contributed by atoms with E-state index in [0.717, 1.165) is 38.5 Å². The summed E-state index contributed by atoms with van der Waals surface area (Å²) >= 11 is 0. The number of phosphoric acid groups is 1. The molecule has 304 valence electrons. The van der Waals surface area contributed by atoms with Crippen LogP contribution in [0, 0.1) is 0 Å². The van der Waals surface area contributed by atoms with Gasteiger partial charge in [-0.2, -0.15) is 0 Å². The van der Waals surface area contributed by atoms with Crippen molar-refractivity contribution in [2.75, 3.05) is 6.61 Å². The van der Waals surface area contributed by atoms with Crippen LogP contribution in [-0.2, 0) is 13.6 Å². The molecule has 0 saturated heterocycles. The molecule has 9 atom stereocenters. The first-order valence-electron chi connectivity index (χ1n) is 20.4. The second-order valence-corrected chi connectivity index (χ2v) is 16.2. The molecular weight excluding hydrogens is 677 g/mol. The van der Waals surface area contributed by atoms with Gasteiger partial charge >= 0.3 is 7.82 Å². The van der Waals surface area contributed by atoms with E-state index in [1.165, 1.54) is 103 Å². The molecule has 1 rings (SSSR count). The first-order valence-corrected chi connectivity index (χ1v) is 21.9. The fourth-order valence-electron chi connectivity index (χ4n) is 6.66. The van der Waals surface area contributed by atoms with Crippen LogP contribution in [0.2, 0.25) is 0 Å². The van der Waals surface area contributed by atoms with Gasteiger partial charge in [-0.05, 0) is 25.2 Å². The minimum atomic E-state index is -5.06. The smallest absolute Gasteiger partial charge is 0.472 e. The third kappa shape index (κ3) is 22.3. The van der Waals surface area contributed by atoms with Crippen LogP contribution in [0.25, 0.3) is 0 Å². The van der Waals surface area contributed by atoms with Gasteiger partial charge in [0.25, 0.3) is 0 Å². The van der Waals surface area contributed by atoms with E-state index in [4.69, 9.17) is 9.05 Å². The average molecular weight is 753 g/mol. The Morgan fingerprint density at radius 3 is 1.37 bits per heavy atom. The number of aliphatic hydroxyl groups is 6. The summed E-state index contributed by atoms with van der Waals surface area (Å²) in [6, 6.07) is -1.15. The molecule has 7 N–H and O–H groups in total. The van der Waals surface area contributed by atoms with E-state index in [2.05, 4.69) is 18.8 Å². The largest absolute Gasteiger partial charge is 0.862 e. The molecule has 0 aromatic carbocycles. The van der Waals surface area contributed by atoms with E-state index >= 15 is 0 Å². The molecule has 3 unspecified atom stereocenters. The van der Waals surface area contributed by atoms with Crippen molar-refractivity contribution in [3.05, 3.63) is 0 Å². The van der Waals surface area contributed by atoms with Gasteiger partial charge < -0.3 is 40.6 Å². The summed E-state index contributed by atoms with van der Waals surface area (Å²) in [4.78, 5) is 14.5. The lowest BCUT2D eigenvalue weighted by atomic mass is 9.85. The summed E-state index contributed by atoms with van der Waals surface area (Å²) in [5.74, 6) is -0.434. The molecule has 1 aliphatic rings. The van der Waals surface area contributed by atoms with Crippen molar-refractivity contribution in [3.63, 3.8) is 0 Å². The average Bonchev–Trinajstić information content (AvgIpc) is 3.11. The Morgan fingerprint density at radius 2 is 0.961 bits per heavy atom. The number of aliphatic imine (C=N–C) groups is 1. The first kappa shape index (κ1) is 48.4. The third-order valence-corrected chi connectivity index (χ3v) is 11.1. The monoisotopic (exact) mass is 753 g/mol.